The Morgan fingerprint density at radius 2 is 1.55 bits per heavy atom. The number of hydrogen-bond acceptors (Lipinski definition) is 7. The van der Waals surface area contributed by atoms with Gasteiger partial charge in [-0.05, 0) is 50.3 Å². The van der Waals surface area contributed by atoms with Gasteiger partial charge in [0.2, 0.25) is 0 Å². The molecule has 0 aliphatic carbocycles. The second-order valence-electron chi connectivity index (χ2n) is 8.05. The molecule has 2 aliphatic rings. The van der Waals surface area contributed by atoms with Crippen molar-refractivity contribution in [2.75, 3.05) is 6.61 Å². The van der Waals surface area contributed by atoms with Gasteiger partial charge in [-0.2, -0.15) is 0 Å². The molecule has 3 atom stereocenters. The van der Waals surface area contributed by atoms with Crippen molar-refractivity contribution in [1.29, 1.82) is 0 Å². The Bertz CT molecular complexity index is 1100. The molecule has 0 amide bonds. The summed E-state index contributed by atoms with van der Waals surface area (Å²) in [6.07, 6.45) is 3.05. The lowest BCUT2D eigenvalue weighted by Crippen LogP contribution is -2.32. The highest BCUT2D eigenvalue weighted by Gasteiger charge is 2.38. The Morgan fingerprint density at radius 1 is 0.939 bits per heavy atom. The van der Waals surface area contributed by atoms with Crippen molar-refractivity contribution >= 4 is 17.9 Å². The quantitative estimate of drug-likeness (QED) is 0.490. The zero-order chi connectivity index (χ0) is 23.4. The van der Waals surface area contributed by atoms with Gasteiger partial charge in [0.15, 0.2) is 0 Å². The molecule has 2 aliphatic heterocycles. The molecule has 0 aromatic heterocycles. The minimum absolute atomic E-state index is 0.0894. The fourth-order valence-electron chi connectivity index (χ4n) is 3.56. The number of hydrogen-bond donors (Lipinski definition) is 0. The van der Waals surface area contributed by atoms with Crippen LogP contribution in [0.3, 0.4) is 0 Å². The summed E-state index contributed by atoms with van der Waals surface area (Å²) in [6.45, 7) is 3.77. The number of rotatable bonds is 6. The number of carbonyl (C=O) groups is 3. The van der Waals surface area contributed by atoms with Crippen LogP contribution in [0.15, 0.2) is 72.5 Å². The van der Waals surface area contributed by atoms with Gasteiger partial charge >= 0.3 is 17.9 Å². The van der Waals surface area contributed by atoms with Crippen LogP contribution in [0, 0.1) is 13.8 Å². The summed E-state index contributed by atoms with van der Waals surface area (Å²) in [5, 5.41) is 0. The maximum absolute atomic E-state index is 12.7. The van der Waals surface area contributed by atoms with E-state index in [9.17, 15) is 14.4 Å². The van der Waals surface area contributed by atoms with Crippen LogP contribution in [0.2, 0.25) is 0 Å². The van der Waals surface area contributed by atoms with E-state index in [0.717, 1.165) is 11.1 Å². The number of benzene rings is 2. The van der Waals surface area contributed by atoms with Crippen molar-refractivity contribution < 1.29 is 33.3 Å². The third-order valence-electron chi connectivity index (χ3n) is 5.39. The monoisotopic (exact) mass is 448 g/mol. The molecule has 7 heteroatoms. The largest absolute Gasteiger partial charge is 0.459 e. The minimum Gasteiger partial charge on any atom is -0.459 e. The molecule has 1 saturated heterocycles. The maximum Gasteiger partial charge on any atom is 0.338 e. The summed E-state index contributed by atoms with van der Waals surface area (Å²) in [5.41, 5.74) is 2.91. The van der Waals surface area contributed by atoms with Crippen LogP contribution in [0.25, 0.3) is 0 Å². The number of allylic oxidation sites excluding steroid dienone is 1. The van der Waals surface area contributed by atoms with Gasteiger partial charge < -0.3 is 18.9 Å². The third kappa shape index (κ3) is 5.75. The molecule has 2 aromatic rings. The molecule has 0 unspecified atom stereocenters. The number of cyclic esters (lactones) is 1. The normalized spacial score (nSPS) is 22.9. The van der Waals surface area contributed by atoms with Gasteiger partial charge in [0.1, 0.15) is 24.6 Å². The van der Waals surface area contributed by atoms with Gasteiger partial charge in [0, 0.05) is 12.5 Å². The first-order chi connectivity index (χ1) is 15.9. The van der Waals surface area contributed by atoms with Gasteiger partial charge in [-0.3, -0.25) is 0 Å². The Labute approximate surface area is 191 Å². The van der Waals surface area contributed by atoms with Crippen molar-refractivity contribution in [2.24, 2.45) is 0 Å². The first-order valence-electron chi connectivity index (χ1n) is 10.7. The number of ether oxygens (including phenoxy) is 4. The van der Waals surface area contributed by atoms with Crippen molar-refractivity contribution in [1.82, 2.24) is 0 Å². The van der Waals surface area contributed by atoms with Gasteiger partial charge in [0.05, 0.1) is 17.2 Å². The molecule has 2 aromatic carbocycles. The van der Waals surface area contributed by atoms with Crippen molar-refractivity contribution in [2.45, 2.75) is 38.6 Å². The summed E-state index contributed by atoms with van der Waals surface area (Å²) in [7, 11) is 0. The molecule has 0 radical (unpaired) electrons. The molecule has 0 saturated carbocycles. The van der Waals surface area contributed by atoms with Crippen LogP contribution < -0.4 is 0 Å². The van der Waals surface area contributed by atoms with E-state index in [2.05, 4.69) is 0 Å². The number of aryl methyl sites for hydroxylation is 2. The van der Waals surface area contributed by atoms with Crippen LogP contribution in [-0.4, -0.2) is 42.8 Å². The first-order valence-corrected chi connectivity index (χ1v) is 10.7. The molecule has 0 bridgehead atoms. The average Bonchev–Trinajstić information content (AvgIpc) is 3.38. The molecule has 0 spiro atoms. The van der Waals surface area contributed by atoms with Crippen LogP contribution in [0.5, 0.6) is 0 Å². The zero-order valence-corrected chi connectivity index (χ0v) is 18.4. The summed E-state index contributed by atoms with van der Waals surface area (Å²) in [4.78, 5) is 36.4. The Kier molecular flexibility index (Phi) is 6.70. The lowest BCUT2D eigenvalue weighted by Gasteiger charge is -2.19. The summed E-state index contributed by atoms with van der Waals surface area (Å²) < 4.78 is 22.2. The number of esters is 3. The maximum atomic E-state index is 12.7. The molecule has 170 valence electrons. The van der Waals surface area contributed by atoms with E-state index in [4.69, 9.17) is 18.9 Å². The minimum atomic E-state index is -0.670. The van der Waals surface area contributed by atoms with E-state index in [1.165, 1.54) is 6.08 Å². The molecular formula is C26H24O7. The highest BCUT2D eigenvalue weighted by molar-refractivity contribution is 5.90. The lowest BCUT2D eigenvalue weighted by atomic mass is 10.1. The Hall–Kier alpha value is -3.71. The fourth-order valence-corrected chi connectivity index (χ4v) is 3.56. The fraction of sp³-hybridized carbons (Fsp3) is 0.269. The second kappa shape index (κ2) is 9.83. The van der Waals surface area contributed by atoms with Crippen molar-refractivity contribution in [3.8, 4) is 0 Å². The number of carbonyl (C=O) groups excluding carboxylic acids is 3. The first kappa shape index (κ1) is 22.5. The van der Waals surface area contributed by atoms with Gasteiger partial charge in [0.25, 0.3) is 0 Å². The van der Waals surface area contributed by atoms with Crippen LogP contribution in [0.4, 0.5) is 0 Å². The highest BCUT2D eigenvalue weighted by atomic mass is 16.6. The van der Waals surface area contributed by atoms with E-state index in [1.807, 2.05) is 38.1 Å². The summed E-state index contributed by atoms with van der Waals surface area (Å²) >= 11 is 0. The zero-order valence-electron chi connectivity index (χ0n) is 18.4. The third-order valence-corrected chi connectivity index (χ3v) is 5.39. The topological polar surface area (TPSA) is 88.1 Å². The molecule has 1 fully saturated rings. The van der Waals surface area contributed by atoms with Crippen LogP contribution in [-0.2, 0) is 23.7 Å². The second-order valence-corrected chi connectivity index (χ2v) is 8.05. The molecule has 4 rings (SSSR count). The van der Waals surface area contributed by atoms with Gasteiger partial charge in [-0.25, -0.2) is 14.4 Å². The highest BCUT2D eigenvalue weighted by Crippen LogP contribution is 2.28. The smallest absolute Gasteiger partial charge is 0.338 e. The van der Waals surface area contributed by atoms with Crippen molar-refractivity contribution in [3.63, 3.8) is 0 Å². The van der Waals surface area contributed by atoms with Crippen molar-refractivity contribution in [3.05, 3.63) is 94.8 Å². The summed E-state index contributed by atoms with van der Waals surface area (Å²) in [5.74, 6) is -1.06. The predicted octanol–water partition coefficient (Wildman–Crippen LogP) is 3.84. The molecule has 2 heterocycles. The Morgan fingerprint density at radius 3 is 2.12 bits per heavy atom. The molecular weight excluding hydrogens is 424 g/mol. The average molecular weight is 448 g/mol. The van der Waals surface area contributed by atoms with Gasteiger partial charge in [-0.15, -0.1) is 0 Å². The molecule has 7 nitrogen and oxygen atoms in total. The lowest BCUT2D eigenvalue weighted by molar-refractivity contribution is -0.132. The van der Waals surface area contributed by atoms with Gasteiger partial charge in [-0.1, -0.05) is 35.4 Å². The van der Waals surface area contributed by atoms with E-state index in [1.54, 1.807) is 36.4 Å². The van der Waals surface area contributed by atoms with E-state index < -0.39 is 36.2 Å². The standard InChI is InChI=1S/C26H24O7/c1-16-3-7-18(8-4-16)25(28)30-15-23-22(33-26(29)19-9-5-17(2)6-10-19)14-21(31-23)13-20-11-12-24(27)32-20/h3-13,21-23H,14-15H2,1-2H3/b20-13-/t21-,22+,23-/m1/s1. The SMILES string of the molecule is Cc1ccc(C(=O)OC[C@H]2O[C@H](/C=C3/C=CC(=O)O3)C[C@@H]2OC(=O)c2ccc(C)cc2)cc1. The van der Waals surface area contributed by atoms with E-state index in [0.29, 0.717) is 23.3 Å². The molecule has 0 N–H and O–H groups in total. The van der Waals surface area contributed by atoms with E-state index in [-0.39, 0.29) is 6.61 Å². The van der Waals surface area contributed by atoms with Crippen LogP contribution in [0.1, 0.15) is 38.3 Å². The van der Waals surface area contributed by atoms with E-state index >= 15 is 0 Å². The predicted molar refractivity (Wildman–Crippen MR) is 118 cm³/mol. The molecule has 33 heavy (non-hydrogen) atoms. The Balaban J connectivity index is 1.44. The summed E-state index contributed by atoms with van der Waals surface area (Å²) in [6, 6.07) is 14.1. The van der Waals surface area contributed by atoms with Crippen LogP contribution >= 0.6 is 0 Å².